The molecule has 1 heteroatoms. The Morgan fingerprint density at radius 1 is 1.16 bits per heavy atom. The van der Waals surface area contributed by atoms with Crippen LogP contribution in [0.25, 0.3) is 0 Å². The molecular formula is C18H24O. The first kappa shape index (κ1) is 12.9. The first-order valence-corrected chi connectivity index (χ1v) is 7.73. The Balaban J connectivity index is 2.04. The number of hydrogen-bond acceptors (Lipinski definition) is 1. The van der Waals surface area contributed by atoms with Crippen LogP contribution in [0.4, 0.5) is 0 Å². The van der Waals surface area contributed by atoms with E-state index in [0.29, 0.717) is 5.92 Å². The zero-order valence-electron chi connectivity index (χ0n) is 11.9. The van der Waals surface area contributed by atoms with Crippen molar-refractivity contribution >= 4 is 0 Å². The molecule has 2 unspecified atom stereocenters. The lowest BCUT2D eigenvalue weighted by atomic mass is 9.70. The maximum atomic E-state index is 11.3. The van der Waals surface area contributed by atoms with E-state index in [0.717, 1.165) is 25.7 Å². The van der Waals surface area contributed by atoms with Crippen LogP contribution in [-0.4, -0.2) is 5.11 Å². The summed E-state index contributed by atoms with van der Waals surface area (Å²) in [5.41, 5.74) is 3.11. The summed E-state index contributed by atoms with van der Waals surface area (Å²) in [5, 5.41) is 11.3. The molecule has 102 valence electrons. The maximum absolute atomic E-state index is 11.3. The van der Waals surface area contributed by atoms with Gasteiger partial charge in [-0.25, -0.2) is 0 Å². The number of fused-ring (bicyclic) bond motifs is 1. The van der Waals surface area contributed by atoms with Crippen LogP contribution in [-0.2, 0) is 5.60 Å². The second-order valence-electron chi connectivity index (χ2n) is 6.22. The lowest BCUT2D eigenvalue weighted by molar-refractivity contribution is 0.0498. The molecule has 2 atom stereocenters. The Kier molecular flexibility index (Phi) is 3.49. The molecular weight excluding hydrogens is 232 g/mol. The van der Waals surface area contributed by atoms with Crippen molar-refractivity contribution in [3.05, 3.63) is 47.0 Å². The molecule has 0 saturated carbocycles. The molecule has 2 aliphatic carbocycles. The predicted octanol–water partition coefficient (Wildman–Crippen LogP) is 4.66. The van der Waals surface area contributed by atoms with Crippen molar-refractivity contribution in [2.24, 2.45) is 0 Å². The Bertz CT molecular complexity index is 488. The average molecular weight is 256 g/mol. The minimum Gasteiger partial charge on any atom is -0.381 e. The quantitative estimate of drug-likeness (QED) is 0.724. The minimum absolute atomic E-state index is 0.572. The highest BCUT2D eigenvalue weighted by atomic mass is 16.3. The van der Waals surface area contributed by atoms with E-state index in [1.807, 2.05) is 0 Å². The number of aliphatic hydroxyl groups is 1. The molecule has 0 aromatic heterocycles. The van der Waals surface area contributed by atoms with Gasteiger partial charge in [0.1, 0.15) is 5.60 Å². The fourth-order valence-corrected chi connectivity index (χ4v) is 3.74. The van der Waals surface area contributed by atoms with E-state index in [1.54, 1.807) is 0 Å². The van der Waals surface area contributed by atoms with Crippen LogP contribution in [0.15, 0.2) is 35.9 Å². The summed E-state index contributed by atoms with van der Waals surface area (Å²) in [6, 6.07) is 8.50. The molecule has 1 aromatic carbocycles. The summed E-state index contributed by atoms with van der Waals surface area (Å²) in [6.45, 7) is 2.28. The summed E-state index contributed by atoms with van der Waals surface area (Å²) < 4.78 is 0. The van der Waals surface area contributed by atoms with Crippen molar-refractivity contribution in [3.63, 3.8) is 0 Å². The van der Waals surface area contributed by atoms with Gasteiger partial charge in [-0.1, -0.05) is 43.7 Å². The van der Waals surface area contributed by atoms with Crippen LogP contribution < -0.4 is 0 Å². The van der Waals surface area contributed by atoms with Crippen molar-refractivity contribution in [1.82, 2.24) is 0 Å². The third-order valence-corrected chi connectivity index (χ3v) is 4.95. The van der Waals surface area contributed by atoms with Gasteiger partial charge in [0.2, 0.25) is 0 Å². The van der Waals surface area contributed by atoms with Gasteiger partial charge >= 0.3 is 0 Å². The third-order valence-electron chi connectivity index (χ3n) is 4.95. The number of allylic oxidation sites excluding steroid dienone is 1. The first-order valence-electron chi connectivity index (χ1n) is 7.73. The van der Waals surface area contributed by atoms with E-state index in [2.05, 4.69) is 37.3 Å². The standard InChI is InChI=1S/C18H24O/c1-14-12-13-18(19,15-8-4-2-3-5-9-15)17-11-7-6-10-16(14)17/h6-8,10-11,14,19H,2-5,9,12-13H2,1H3. The topological polar surface area (TPSA) is 20.2 Å². The van der Waals surface area contributed by atoms with Crippen molar-refractivity contribution in [3.8, 4) is 0 Å². The Labute approximate surface area is 116 Å². The molecule has 1 nitrogen and oxygen atoms in total. The van der Waals surface area contributed by atoms with Crippen molar-refractivity contribution < 1.29 is 5.11 Å². The smallest absolute Gasteiger partial charge is 0.111 e. The van der Waals surface area contributed by atoms with Crippen LogP contribution in [0.3, 0.4) is 0 Å². The largest absolute Gasteiger partial charge is 0.381 e. The van der Waals surface area contributed by atoms with Gasteiger partial charge in [-0.2, -0.15) is 0 Å². The molecule has 0 fully saturated rings. The minimum atomic E-state index is -0.687. The molecule has 3 rings (SSSR count). The summed E-state index contributed by atoms with van der Waals surface area (Å²) >= 11 is 0. The average Bonchev–Trinajstić information content (AvgIpc) is 2.73. The second-order valence-corrected chi connectivity index (χ2v) is 6.22. The summed E-state index contributed by atoms with van der Waals surface area (Å²) in [4.78, 5) is 0. The Morgan fingerprint density at radius 2 is 2.00 bits per heavy atom. The van der Waals surface area contributed by atoms with Crippen LogP contribution in [0.2, 0.25) is 0 Å². The fourth-order valence-electron chi connectivity index (χ4n) is 3.74. The van der Waals surface area contributed by atoms with Crippen molar-refractivity contribution in [2.75, 3.05) is 0 Å². The van der Waals surface area contributed by atoms with Gasteiger partial charge in [-0.05, 0) is 61.1 Å². The van der Waals surface area contributed by atoms with Crippen LogP contribution in [0.5, 0.6) is 0 Å². The SMILES string of the molecule is CC1CCC(O)(C2=CCCCCC2)c2ccccc21. The predicted molar refractivity (Wildman–Crippen MR) is 79.2 cm³/mol. The van der Waals surface area contributed by atoms with E-state index in [9.17, 15) is 5.11 Å². The van der Waals surface area contributed by atoms with Crippen LogP contribution >= 0.6 is 0 Å². The molecule has 1 N–H and O–H groups in total. The number of benzene rings is 1. The van der Waals surface area contributed by atoms with E-state index in [-0.39, 0.29) is 0 Å². The zero-order valence-corrected chi connectivity index (χ0v) is 11.9. The number of rotatable bonds is 1. The highest BCUT2D eigenvalue weighted by Crippen LogP contribution is 2.47. The zero-order chi connectivity index (χ0) is 13.3. The molecule has 19 heavy (non-hydrogen) atoms. The van der Waals surface area contributed by atoms with Crippen molar-refractivity contribution in [2.45, 2.75) is 63.4 Å². The Hall–Kier alpha value is -1.08. The molecule has 0 amide bonds. The number of hydrogen-bond donors (Lipinski definition) is 1. The molecule has 0 radical (unpaired) electrons. The van der Waals surface area contributed by atoms with Crippen molar-refractivity contribution in [1.29, 1.82) is 0 Å². The van der Waals surface area contributed by atoms with Gasteiger partial charge < -0.3 is 5.11 Å². The molecule has 0 bridgehead atoms. The van der Waals surface area contributed by atoms with Gasteiger partial charge in [-0.3, -0.25) is 0 Å². The highest BCUT2D eigenvalue weighted by molar-refractivity contribution is 5.43. The molecule has 0 spiro atoms. The third kappa shape index (κ3) is 2.25. The highest BCUT2D eigenvalue weighted by Gasteiger charge is 2.39. The molecule has 0 aliphatic heterocycles. The summed E-state index contributed by atoms with van der Waals surface area (Å²) in [6.07, 6.45) is 10.3. The molecule has 0 heterocycles. The summed E-state index contributed by atoms with van der Waals surface area (Å²) in [7, 11) is 0. The van der Waals surface area contributed by atoms with Gasteiger partial charge in [0.15, 0.2) is 0 Å². The van der Waals surface area contributed by atoms with Crippen LogP contribution in [0, 0.1) is 0 Å². The van der Waals surface area contributed by atoms with E-state index < -0.39 is 5.60 Å². The lowest BCUT2D eigenvalue weighted by Gasteiger charge is -2.39. The monoisotopic (exact) mass is 256 g/mol. The first-order chi connectivity index (χ1) is 9.22. The van der Waals surface area contributed by atoms with Crippen LogP contribution in [0.1, 0.15) is 68.9 Å². The normalized spacial score (nSPS) is 31.3. The van der Waals surface area contributed by atoms with Gasteiger partial charge in [0.25, 0.3) is 0 Å². The fraction of sp³-hybridized carbons (Fsp3) is 0.556. The second kappa shape index (κ2) is 5.13. The van der Waals surface area contributed by atoms with Gasteiger partial charge in [0.05, 0.1) is 0 Å². The lowest BCUT2D eigenvalue weighted by Crippen LogP contribution is -2.33. The molecule has 0 saturated heterocycles. The maximum Gasteiger partial charge on any atom is 0.111 e. The van der Waals surface area contributed by atoms with E-state index >= 15 is 0 Å². The van der Waals surface area contributed by atoms with E-state index in [1.165, 1.54) is 36.0 Å². The Morgan fingerprint density at radius 3 is 2.89 bits per heavy atom. The van der Waals surface area contributed by atoms with E-state index in [4.69, 9.17) is 0 Å². The van der Waals surface area contributed by atoms with Gasteiger partial charge in [0, 0.05) is 0 Å². The molecule has 1 aromatic rings. The summed E-state index contributed by atoms with van der Waals surface area (Å²) in [5.74, 6) is 0.572. The molecule has 2 aliphatic rings. The van der Waals surface area contributed by atoms with Gasteiger partial charge in [-0.15, -0.1) is 0 Å².